The van der Waals surface area contributed by atoms with Crippen molar-refractivity contribution >= 4 is 11.8 Å². The first-order chi connectivity index (χ1) is 9.68. The second-order valence-electron chi connectivity index (χ2n) is 5.80. The fourth-order valence-corrected chi connectivity index (χ4v) is 3.18. The van der Waals surface area contributed by atoms with Crippen LogP contribution in [-0.4, -0.2) is 35.8 Å². The van der Waals surface area contributed by atoms with Crippen molar-refractivity contribution in [2.75, 3.05) is 13.1 Å². The predicted molar refractivity (Wildman–Crippen MR) is 76.6 cm³/mol. The molecule has 20 heavy (non-hydrogen) atoms. The molecule has 0 radical (unpaired) electrons. The second-order valence-corrected chi connectivity index (χ2v) is 5.80. The summed E-state index contributed by atoms with van der Waals surface area (Å²) in [4.78, 5) is 26.0. The largest absolute Gasteiger partial charge is 0.314 e. The third kappa shape index (κ3) is 2.24. The Morgan fingerprint density at radius 2 is 1.85 bits per heavy atom. The van der Waals surface area contributed by atoms with E-state index in [0.717, 1.165) is 13.0 Å². The third-order valence-corrected chi connectivity index (χ3v) is 4.38. The molecule has 1 N–H and O–H groups in total. The van der Waals surface area contributed by atoms with Gasteiger partial charge in [0.15, 0.2) is 0 Å². The van der Waals surface area contributed by atoms with Gasteiger partial charge in [-0.2, -0.15) is 0 Å². The zero-order chi connectivity index (χ0) is 14.1. The SMILES string of the molecule is CC(CN1C(=O)c2ccccc2C1=O)C1CCCCN1. The van der Waals surface area contributed by atoms with E-state index in [9.17, 15) is 9.59 Å². The molecule has 3 rings (SSSR count). The molecule has 1 saturated heterocycles. The number of carbonyl (C=O) groups is 2. The van der Waals surface area contributed by atoms with Crippen molar-refractivity contribution in [3.8, 4) is 0 Å². The Hall–Kier alpha value is -1.68. The lowest BCUT2D eigenvalue weighted by molar-refractivity contribution is 0.0618. The quantitative estimate of drug-likeness (QED) is 0.857. The zero-order valence-electron chi connectivity index (χ0n) is 11.8. The minimum atomic E-state index is -0.145. The molecule has 0 bridgehead atoms. The molecule has 106 valence electrons. The second kappa shape index (κ2) is 5.37. The van der Waals surface area contributed by atoms with Gasteiger partial charge >= 0.3 is 0 Å². The molecule has 0 spiro atoms. The highest BCUT2D eigenvalue weighted by molar-refractivity contribution is 6.21. The molecule has 0 aliphatic carbocycles. The number of rotatable bonds is 3. The number of imide groups is 1. The van der Waals surface area contributed by atoms with Crippen LogP contribution in [0, 0.1) is 5.92 Å². The molecule has 0 aromatic heterocycles. The minimum Gasteiger partial charge on any atom is -0.314 e. The molecule has 2 heterocycles. The van der Waals surface area contributed by atoms with Crippen molar-refractivity contribution in [3.05, 3.63) is 35.4 Å². The van der Waals surface area contributed by atoms with E-state index in [0.29, 0.717) is 23.7 Å². The van der Waals surface area contributed by atoms with E-state index in [4.69, 9.17) is 0 Å². The summed E-state index contributed by atoms with van der Waals surface area (Å²) in [5.74, 6) is -0.000897. The van der Waals surface area contributed by atoms with E-state index in [1.165, 1.54) is 17.7 Å². The lowest BCUT2D eigenvalue weighted by Gasteiger charge is -2.31. The Morgan fingerprint density at radius 1 is 1.20 bits per heavy atom. The maximum absolute atomic E-state index is 12.3. The van der Waals surface area contributed by atoms with Crippen LogP contribution in [0.5, 0.6) is 0 Å². The van der Waals surface area contributed by atoms with Crippen LogP contribution in [0.3, 0.4) is 0 Å². The number of piperidine rings is 1. The van der Waals surface area contributed by atoms with Crippen LogP contribution in [-0.2, 0) is 0 Å². The zero-order valence-corrected chi connectivity index (χ0v) is 11.8. The first kappa shape index (κ1) is 13.3. The summed E-state index contributed by atoms with van der Waals surface area (Å²) < 4.78 is 0. The van der Waals surface area contributed by atoms with Crippen LogP contribution in [0.4, 0.5) is 0 Å². The summed E-state index contributed by atoms with van der Waals surface area (Å²) in [7, 11) is 0. The fraction of sp³-hybridized carbons (Fsp3) is 0.500. The van der Waals surface area contributed by atoms with Crippen LogP contribution in [0.1, 0.15) is 46.9 Å². The number of benzene rings is 1. The number of nitrogens with one attached hydrogen (secondary N) is 1. The van der Waals surface area contributed by atoms with Gasteiger partial charge in [0.1, 0.15) is 0 Å². The van der Waals surface area contributed by atoms with Crippen molar-refractivity contribution in [2.24, 2.45) is 5.92 Å². The Kier molecular flexibility index (Phi) is 3.57. The standard InChI is InChI=1S/C16H20N2O2/c1-11(14-8-4-5-9-17-14)10-18-15(19)12-6-2-3-7-13(12)16(18)20/h2-3,6-7,11,14,17H,4-5,8-10H2,1H3. The van der Waals surface area contributed by atoms with Gasteiger partial charge in [-0.05, 0) is 37.4 Å². The molecule has 2 unspecified atom stereocenters. The monoisotopic (exact) mass is 272 g/mol. The fourth-order valence-electron chi connectivity index (χ4n) is 3.18. The smallest absolute Gasteiger partial charge is 0.261 e. The molecule has 4 nitrogen and oxygen atoms in total. The molecule has 1 fully saturated rings. The van der Waals surface area contributed by atoms with Crippen LogP contribution >= 0.6 is 0 Å². The molecule has 0 saturated carbocycles. The van der Waals surface area contributed by atoms with Gasteiger partial charge in [-0.25, -0.2) is 0 Å². The number of hydrogen-bond acceptors (Lipinski definition) is 3. The summed E-state index contributed by atoms with van der Waals surface area (Å²) in [6.45, 7) is 3.66. The molecule has 2 aliphatic rings. The van der Waals surface area contributed by atoms with Gasteiger partial charge in [0.2, 0.25) is 0 Å². The van der Waals surface area contributed by atoms with Gasteiger partial charge in [0.05, 0.1) is 11.1 Å². The minimum absolute atomic E-state index is 0.145. The molecule has 2 aliphatic heterocycles. The molecule has 2 atom stereocenters. The van der Waals surface area contributed by atoms with Gasteiger partial charge < -0.3 is 5.32 Å². The average molecular weight is 272 g/mol. The Labute approximate surface area is 119 Å². The van der Waals surface area contributed by atoms with Crippen molar-refractivity contribution in [1.29, 1.82) is 0 Å². The van der Waals surface area contributed by atoms with Crippen LogP contribution in [0.25, 0.3) is 0 Å². The van der Waals surface area contributed by atoms with Crippen LogP contribution < -0.4 is 5.32 Å². The van der Waals surface area contributed by atoms with E-state index >= 15 is 0 Å². The first-order valence-electron chi connectivity index (χ1n) is 7.37. The Bertz CT molecular complexity index is 500. The molecular weight excluding hydrogens is 252 g/mol. The Morgan fingerprint density at radius 3 is 2.40 bits per heavy atom. The van der Waals surface area contributed by atoms with E-state index in [2.05, 4.69) is 12.2 Å². The predicted octanol–water partition coefficient (Wildman–Crippen LogP) is 2.06. The lowest BCUT2D eigenvalue weighted by atomic mass is 9.93. The van der Waals surface area contributed by atoms with Gasteiger partial charge in [-0.15, -0.1) is 0 Å². The molecule has 4 heteroatoms. The van der Waals surface area contributed by atoms with Crippen molar-refractivity contribution in [3.63, 3.8) is 0 Å². The molecular formula is C16H20N2O2. The number of fused-ring (bicyclic) bond motifs is 1. The molecule has 1 aromatic carbocycles. The number of hydrogen-bond donors (Lipinski definition) is 1. The van der Waals surface area contributed by atoms with Crippen LogP contribution in [0.2, 0.25) is 0 Å². The molecule has 1 aromatic rings. The molecule has 2 amide bonds. The van der Waals surface area contributed by atoms with Gasteiger partial charge in [0.25, 0.3) is 11.8 Å². The number of carbonyl (C=O) groups excluding carboxylic acids is 2. The van der Waals surface area contributed by atoms with E-state index in [-0.39, 0.29) is 17.7 Å². The lowest BCUT2D eigenvalue weighted by Crippen LogP contribution is -2.45. The summed E-state index contributed by atoms with van der Waals surface area (Å²) in [5.41, 5.74) is 1.09. The summed E-state index contributed by atoms with van der Waals surface area (Å²) in [6, 6.07) is 7.49. The van der Waals surface area contributed by atoms with Crippen molar-refractivity contribution in [1.82, 2.24) is 10.2 Å². The number of amides is 2. The van der Waals surface area contributed by atoms with Crippen molar-refractivity contribution < 1.29 is 9.59 Å². The third-order valence-electron chi connectivity index (χ3n) is 4.38. The maximum Gasteiger partial charge on any atom is 0.261 e. The topological polar surface area (TPSA) is 49.4 Å². The first-order valence-corrected chi connectivity index (χ1v) is 7.37. The number of nitrogens with zero attached hydrogens (tertiary/aromatic N) is 1. The van der Waals surface area contributed by atoms with Gasteiger partial charge in [0, 0.05) is 12.6 Å². The summed E-state index contributed by atoms with van der Waals surface area (Å²) in [5, 5.41) is 3.49. The highest BCUT2D eigenvalue weighted by atomic mass is 16.2. The van der Waals surface area contributed by atoms with E-state index < -0.39 is 0 Å². The Balaban J connectivity index is 1.73. The summed E-state index contributed by atoms with van der Waals surface area (Å²) >= 11 is 0. The normalized spacial score (nSPS) is 23.9. The highest BCUT2D eigenvalue weighted by Gasteiger charge is 2.36. The average Bonchev–Trinajstić information content (AvgIpc) is 2.74. The van der Waals surface area contributed by atoms with E-state index in [1.54, 1.807) is 24.3 Å². The van der Waals surface area contributed by atoms with Crippen molar-refractivity contribution in [2.45, 2.75) is 32.2 Å². The highest BCUT2D eigenvalue weighted by Crippen LogP contribution is 2.25. The maximum atomic E-state index is 12.3. The van der Waals surface area contributed by atoms with Gasteiger partial charge in [-0.1, -0.05) is 25.5 Å². The summed E-state index contributed by atoms with van der Waals surface area (Å²) in [6.07, 6.45) is 3.57. The van der Waals surface area contributed by atoms with Crippen LogP contribution in [0.15, 0.2) is 24.3 Å². The van der Waals surface area contributed by atoms with Gasteiger partial charge in [-0.3, -0.25) is 14.5 Å². The van der Waals surface area contributed by atoms with E-state index in [1.807, 2.05) is 0 Å².